The summed E-state index contributed by atoms with van der Waals surface area (Å²) in [6.45, 7) is 2.99. The van der Waals surface area contributed by atoms with Gasteiger partial charge < -0.3 is 14.6 Å². The van der Waals surface area contributed by atoms with Crippen molar-refractivity contribution in [1.29, 1.82) is 0 Å². The van der Waals surface area contributed by atoms with Gasteiger partial charge in [-0.3, -0.25) is 4.68 Å². The molecule has 0 saturated carbocycles. The molecule has 2 unspecified atom stereocenters. The molecule has 0 spiro atoms. The number of hydrogen-bond donors (Lipinski definition) is 1. The van der Waals surface area contributed by atoms with Gasteiger partial charge in [0.15, 0.2) is 0 Å². The van der Waals surface area contributed by atoms with Gasteiger partial charge >= 0.3 is 0 Å². The summed E-state index contributed by atoms with van der Waals surface area (Å²) in [5.41, 5.74) is 0.618. The Balaban J connectivity index is 2.76. The molecule has 17 heavy (non-hydrogen) atoms. The number of aromatic nitrogens is 2. The fourth-order valence-electron chi connectivity index (χ4n) is 1.58. The third-order valence-corrected chi connectivity index (χ3v) is 2.90. The Morgan fingerprint density at radius 3 is 2.82 bits per heavy atom. The van der Waals surface area contributed by atoms with Gasteiger partial charge in [-0.1, -0.05) is 11.6 Å². The van der Waals surface area contributed by atoms with Crippen molar-refractivity contribution < 1.29 is 14.6 Å². The summed E-state index contributed by atoms with van der Waals surface area (Å²) in [6.07, 6.45) is 1.30. The Morgan fingerprint density at radius 1 is 1.53 bits per heavy atom. The van der Waals surface area contributed by atoms with Crippen molar-refractivity contribution in [3.05, 3.63) is 16.9 Å². The molecule has 0 fully saturated rings. The first-order valence-corrected chi connectivity index (χ1v) is 5.89. The van der Waals surface area contributed by atoms with E-state index in [4.69, 9.17) is 21.1 Å². The lowest BCUT2D eigenvalue weighted by Gasteiger charge is -2.17. The van der Waals surface area contributed by atoms with Crippen LogP contribution in [0.4, 0.5) is 0 Å². The van der Waals surface area contributed by atoms with Gasteiger partial charge in [0.25, 0.3) is 0 Å². The van der Waals surface area contributed by atoms with E-state index in [9.17, 15) is 5.11 Å². The molecule has 0 aliphatic heterocycles. The van der Waals surface area contributed by atoms with Gasteiger partial charge in [0, 0.05) is 20.6 Å². The number of aliphatic hydroxyl groups excluding tert-OH is 1. The summed E-state index contributed by atoms with van der Waals surface area (Å²) in [4.78, 5) is 0. The Bertz CT molecular complexity index is 343. The molecular formula is C11H19ClN2O3. The number of nitrogens with zero attached hydrogens (tertiary/aromatic N) is 2. The predicted molar refractivity (Wildman–Crippen MR) is 65.2 cm³/mol. The molecule has 98 valence electrons. The average Bonchev–Trinajstić information content (AvgIpc) is 2.67. The highest BCUT2D eigenvalue weighted by Crippen LogP contribution is 2.26. The average molecular weight is 263 g/mol. The summed E-state index contributed by atoms with van der Waals surface area (Å²) in [5.74, 6) is 0. The van der Waals surface area contributed by atoms with Crippen LogP contribution in [-0.4, -0.2) is 41.8 Å². The van der Waals surface area contributed by atoms with E-state index in [1.54, 1.807) is 18.9 Å². The van der Waals surface area contributed by atoms with E-state index in [1.165, 1.54) is 6.20 Å². The molecule has 1 heterocycles. The molecule has 2 atom stereocenters. The van der Waals surface area contributed by atoms with Gasteiger partial charge in [-0.2, -0.15) is 5.10 Å². The summed E-state index contributed by atoms with van der Waals surface area (Å²) in [5, 5.41) is 14.7. The molecule has 1 aromatic rings. The number of rotatable bonds is 7. The largest absolute Gasteiger partial charge is 0.387 e. The zero-order chi connectivity index (χ0) is 12.8. The van der Waals surface area contributed by atoms with Gasteiger partial charge in [0.1, 0.15) is 0 Å². The summed E-state index contributed by atoms with van der Waals surface area (Å²) in [7, 11) is 3.23. The second-order valence-electron chi connectivity index (χ2n) is 3.89. The highest BCUT2D eigenvalue weighted by atomic mass is 35.5. The highest BCUT2D eigenvalue weighted by molar-refractivity contribution is 6.31. The molecule has 5 nitrogen and oxygen atoms in total. The van der Waals surface area contributed by atoms with E-state index in [-0.39, 0.29) is 6.10 Å². The van der Waals surface area contributed by atoms with Gasteiger partial charge in [-0.05, 0) is 6.92 Å². The minimum Gasteiger partial charge on any atom is -0.387 e. The number of methoxy groups -OCH3 is 2. The first kappa shape index (κ1) is 14.4. The van der Waals surface area contributed by atoms with Crippen molar-refractivity contribution in [2.24, 2.45) is 0 Å². The molecule has 1 N–H and O–H groups in total. The van der Waals surface area contributed by atoms with Gasteiger partial charge in [-0.15, -0.1) is 0 Å². The van der Waals surface area contributed by atoms with Crippen LogP contribution in [0.15, 0.2) is 6.20 Å². The minimum absolute atomic E-state index is 0.0353. The van der Waals surface area contributed by atoms with Crippen molar-refractivity contribution >= 4 is 11.6 Å². The molecule has 0 saturated heterocycles. The Morgan fingerprint density at radius 2 is 2.24 bits per heavy atom. The normalized spacial score (nSPS) is 14.9. The third-order valence-electron chi connectivity index (χ3n) is 2.61. The van der Waals surface area contributed by atoms with Crippen molar-refractivity contribution in [3.63, 3.8) is 0 Å². The number of aliphatic hydroxyl groups is 1. The molecule has 0 aliphatic rings. The molecule has 1 aromatic heterocycles. The van der Waals surface area contributed by atoms with Crippen molar-refractivity contribution in [2.45, 2.75) is 32.1 Å². The lowest BCUT2D eigenvalue weighted by atomic mass is 10.1. The van der Waals surface area contributed by atoms with Crippen molar-refractivity contribution in [3.8, 4) is 0 Å². The van der Waals surface area contributed by atoms with Gasteiger partial charge in [0.05, 0.1) is 42.3 Å². The van der Waals surface area contributed by atoms with Crippen LogP contribution in [0.2, 0.25) is 5.02 Å². The molecule has 0 aliphatic carbocycles. The van der Waals surface area contributed by atoms with E-state index in [1.807, 2.05) is 6.92 Å². The van der Waals surface area contributed by atoms with Gasteiger partial charge in [0.2, 0.25) is 0 Å². The zero-order valence-electron chi connectivity index (χ0n) is 10.4. The number of ether oxygens (including phenoxy) is 2. The van der Waals surface area contributed by atoms with E-state index < -0.39 is 6.10 Å². The summed E-state index contributed by atoms with van der Waals surface area (Å²) in [6, 6.07) is 0. The fraction of sp³-hybridized carbons (Fsp3) is 0.727. The molecule has 1 rings (SSSR count). The highest BCUT2D eigenvalue weighted by Gasteiger charge is 2.20. The Hall–Kier alpha value is -0.620. The number of hydrogen-bond acceptors (Lipinski definition) is 4. The molecule has 0 aromatic carbocycles. The predicted octanol–water partition coefficient (Wildman–Crippen LogP) is 1.64. The SMILES string of the molecule is COCCn1ncc(Cl)c1C(O)CC(C)OC. The van der Waals surface area contributed by atoms with Crippen molar-refractivity contribution in [2.75, 3.05) is 20.8 Å². The van der Waals surface area contributed by atoms with E-state index in [2.05, 4.69) is 5.10 Å². The molecule has 0 radical (unpaired) electrons. The Labute approximate surface area is 106 Å². The van der Waals surface area contributed by atoms with Crippen LogP contribution >= 0.6 is 11.6 Å². The van der Waals surface area contributed by atoms with Crippen LogP contribution in [0.5, 0.6) is 0 Å². The van der Waals surface area contributed by atoms with Gasteiger partial charge in [-0.25, -0.2) is 0 Å². The maximum absolute atomic E-state index is 10.1. The minimum atomic E-state index is -0.684. The van der Waals surface area contributed by atoms with Crippen LogP contribution in [-0.2, 0) is 16.0 Å². The molecule has 6 heteroatoms. The van der Waals surface area contributed by atoms with E-state index in [0.717, 1.165) is 0 Å². The fourth-order valence-corrected chi connectivity index (χ4v) is 1.85. The molecule has 0 amide bonds. The lowest BCUT2D eigenvalue weighted by Crippen LogP contribution is -2.17. The summed E-state index contributed by atoms with van der Waals surface area (Å²) < 4.78 is 11.8. The van der Waals surface area contributed by atoms with Crippen LogP contribution in [0.1, 0.15) is 25.1 Å². The zero-order valence-corrected chi connectivity index (χ0v) is 11.1. The topological polar surface area (TPSA) is 56.5 Å². The second kappa shape index (κ2) is 6.96. The standard InChI is InChI=1S/C11H19ClN2O3/c1-8(17-3)6-10(15)11-9(12)7-13-14(11)4-5-16-2/h7-8,10,15H,4-6H2,1-3H3. The van der Waals surface area contributed by atoms with E-state index >= 15 is 0 Å². The first-order valence-electron chi connectivity index (χ1n) is 5.51. The van der Waals surface area contributed by atoms with Crippen LogP contribution in [0.25, 0.3) is 0 Å². The molecule has 0 bridgehead atoms. The smallest absolute Gasteiger partial charge is 0.0996 e. The lowest BCUT2D eigenvalue weighted by molar-refractivity contribution is 0.0516. The van der Waals surface area contributed by atoms with E-state index in [0.29, 0.717) is 30.3 Å². The maximum atomic E-state index is 10.1. The van der Waals surface area contributed by atoms with Crippen LogP contribution in [0.3, 0.4) is 0 Å². The molecular weight excluding hydrogens is 244 g/mol. The maximum Gasteiger partial charge on any atom is 0.0996 e. The third kappa shape index (κ3) is 3.96. The number of halogens is 1. The van der Waals surface area contributed by atoms with Crippen molar-refractivity contribution in [1.82, 2.24) is 9.78 Å². The Kier molecular flexibility index (Phi) is 5.91. The van der Waals surface area contributed by atoms with Crippen LogP contribution in [0, 0.1) is 0 Å². The second-order valence-corrected chi connectivity index (χ2v) is 4.30. The quantitative estimate of drug-likeness (QED) is 0.812. The summed E-state index contributed by atoms with van der Waals surface area (Å²) >= 11 is 6.02. The first-order chi connectivity index (χ1) is 8.10. The van der Waals surface area contributed by atoms with Crippen LogP contribution < -0.4 is 0 Å². The monoisotopic (exact) mass is 262 g/mol.